The molecule has 28 heavy (non-hydrogen) atoms. The van der Waals surface area contributed by atoms with Gasteiger partial charge in [0.1, 0.15) is 0 Å². The molecule has 7 nitrogen and oxygen atoms in total. The predicted octanol–water partition coefficient (Wildman–Crippen LogP) is 4.48. The number of amides is 1. The Bertz CT molecular complexity index is 1250. The highest BCUT2D eigenvalue weighted by molar-refractivity contribution is 7.80. The molecule has 0 radical (unpaired) electrons. The minimum atomic E-state index is -0.457. The van der Waals surface area contributed by atoms with E-state index in [1.165, 1.54) is 23.5 Å². The van der Waals surface area contributed by atoms with Gasteiger partial charge >= 0.3 is 0 Å². The molecule has 138 valence electrons. The van der Waals surface area contributed by atoms with Crippen LogP contribution in [0.5, 0.6) is 0 Å². The Morgan fingerprint density at radius 2 is 1.89 bits per heavy atom. The lowest BCUT2D eigenvalue weighted by Crippen LogP contribution is -2.34. The van der Waals surface area contributed by atoms with Crippen LogP contribution in [0.2, 0.25) is 0 Å². The van der Waals surface area contributed by atoms with Crippen LogP contribution in [-0.4, -0.2) is 20.9 Å². The summed E-state index contributed by atoms with van der Waals surface area (Å²) in [6.45, 7) is 0. The zero-order valence-corrected chi connectivity index (χ0v) is 15.8. The summed E-state index contributed by atoms with van der Waals surface area (Å²) in [4.78, 5) is 27.4. The quantitative estimate of drug-likeness (QED) is 0.295. The molecule has 0 saturated carbocycles. The van der Waals surface area contributed by atoms with Gasteiger partial charge in [-0.1, -0.05) is 47.7 Å². The van der Waals surface area contributed by atoms with Gasteiger partial charge in [0.2, 0.25) is 0 Å². The first-order chi connectivity index (χ1) is 13.5. The largest absolute Gasteiger partial charge is 0.308 e. The second kappa shape index (κ2) is 7.29. The van der Waals surface area contributed by atoms with Crippen LogP contribution in [0.3, 0.4) is 0 Å². The fourth-order valence-corrected chi connectivity index (χ4v) is 3.96. The number of anilines is 1. The Balaban J connectivity index is 1.51. The Morgan fingerprint density at radius 1 is 1.11 bits per heavy atom. The van der Waals surface area contributed by atoms with Gasteiger partial charge in [0, 0.05) is 17.7 Å². The van der Waals surface area contributed by atoms with Crippen molar-refractivity contribution in [1.29, 1.82) is 0 Å². The molecule has 0 saturated heterocycles. The molecule has 9 heteroatoms. The maximum Gasteiger partial charge on any atom is 0.270 e. The molecule has 2 N–H and O–H groups in total. The van der Waals surface area contributed by atoms with E-state index >= 15 is 0 Å². The van der Waals surface area contributed by atoms with Crippen molar-refractivity contribution in [2.75, 3.05) is 5.32 Å². The van der Waals surface area contributed by atoms with Crippen LogP contribution in [0.25, 0.3) is 21.0 Å². The van der Waals surface area contributed by atoms with Crippen LogP contribution in [0.1, 0.15) is 10.4 Å². The summed E-state index contributed by atoms with van der Waals surface area (Å²) in [7, 11) is 0. The molecule has 1 heterocycles. The van der Waals surface area contributed by atoms with Crippen LogP contribution in [0.15, 0.2) is 60.7 Å². The number of fused-ring (bicyclic) bond motifs is 2. The smallest absolute Gasteiger partial charge is 0.270 e. The Morgan fingerprint density at radius 3 is 2.71 bits per heavy atom. The molecule has 0 spiro atoms. The van der Waals surface area contributed by atoms with Gasteiger partial charge in [0.05, 0.1) is 15.1 Å². The highest BCUT2D eigenvalue weighted by atomic mass is 32.1. The molecule has 4 rings (SSSR count). The molecule has 1 amide bonds. The number of nitro groups is 1. The van der Waals surface area contributed by atoms with Crippen LogP contribution < -0.4 is 10.6 Å². The Hall–Kier alpha value is -3.43. The van der Waals surface area contributed by atoms with Crippen LogP contribution >= 0.6 is 23.6 Å². The molecule has 0 aliphatic heterocycles. The first-order valence-electron chi connectivity index (χ1n) is 8.16. The number of thiocarbonyl (C=S) groups is 1. The summed E-state index contributed by atoms with van der Waals surface area (Å²) < 4.78 is 0.653. The third kappa shape index (κ3) is 3.53. The SMILES string of the molecule is O=C(NC(=S)Nc1nc2ccc([N+](=O)[O-])cc2s1)c1cccc2ccccc12. The highest BCUT2D eigenvalue weighted by Gasteiger charge is 2.14. The lowest BCUT2D eigenvalue weighted by atomic mass is 10.0. The van der Waals surface area contributed by atoms with E-state index < -0.39 is 4.92 Å². The van der Waals surface area contributed by atoms with E-state index in [4.69, 9.17) is 12.2 Å². The topological polar surface area (TPSA) is 97.2 Å². The number of benzene rings is 3. The third-order valence-electron chi connectivity index (χ3n) is 4.06. The van der Waals surface area contributed by atoms with Crippen molar-refractivity contribution < 1.29 is 9.72 Å². The number of aromatic nitrogens is 1. The number of nitrogens with one attached hydrogen (secondary N) is 2. The molecule has 3 aromatic carbocycles. The fourth-order valence-electron chi connectivity index (χ4n) is 2.80. The van der Waals surface area contributed by atoms with Crippen molar-refractivity contribution in [3.05, 3.63) is 76.3 Å². The summed E-state index contributed by atoms with van der Waals surface area (Å²) in [6.07, 6.45) is 0. The zero-order valence-electron chi connectivity index (χ0n) is 14.2. The number of thiazole rings is 1. The Labute approximate surface area is 168 Å². The molecule has 0 unspecified atom stereocenters. The maximum atomic E-state index is 12.6. The van der Waals surface area contributed by atoms with Crippen molar-refractivity contribution in [3.8, 4) is 0 Å². The number of nitrogens with zero attached hydrogens (tertiary/aromatic N) is 2. The second-order valence-electron chi connectivity index (χ2n) is 5.86. The first kappa shape index (κ1) is 18.0. The minimum Gasteiger partial charge on any atom is -0.308 e. The van der Waals surface area contributed by atoms with E-state index in [0.29, 0.717) is 20.9 Å². The molecular formula is C19H12N4O3S2. The molecule has 0 aliphatic carbocycles. The minimum absolute atomic E-state index is 0.00506. The number of hydrogen-bond acceptors (Lipinski definition) is 6. The summed E-state index contributed by atoms with van der Waals surface area (Å²) in [5, 5.41) is 18.7. The van der Waals surface area contributed by atoms with Gasteiger partial charge in [-0.25, -0.2) is 4.98 Å². The van der Waals surface area contributed by atoms with E-state index in [9.17, 15) is 14.9 Å². The first-order valence-corrected chi connectivity index (χ1v) is 9.39. The summed E-state index contributed by atoms with van der Waals surface area (Å²) in [6, 6.07) is 17.5. The summed E-state index contributed by atoms with van der Waals surface area (Å²) in [5.41, 5.74) is 1.12. The van der Waals surface area contributed by atoms with Gasteiger partial charge in [-0.15, -0.1) is 0 Å². The number of carbonyl (C=O) groups excluding carboxylic acids is 1. The maximum absolute atomic E-state index is 12.6. The molecule has 0 aliphatic rings. The van der Waals surface area contributed by atoms with Gasteiger partial charge in [-0.2, -0.15) is 0 Å². The summed E-state index contributed by atoms with van der Waals surface area (Å²) >= 11 is 6.44. The van der Waals surface area contributed by atoms with Crippen molar-refractivity contribution in [1.82, 2.24) is 10.3 Å². The number of carbonyl (C=O) groups is 1. The standard InChI is InChI=1S/C19H12N4O3S2/c24-17(14-7-3-5-11-4-1-2-6-13(11)14)21-18(27)22-19-20-15-9-8-12(23(25)26)10-16(15)28-19/h1-10H,(H2,20,21,22,24,27). The predicted molar refractivity (Wildman–Crippen MR) is 114 cm³/mol. The van der Waals surface area contributed by atoms with Crippen molar-refractivity contribution >= 4 is 66.4 Å². The van der Waals surface area contributed by atoms with E-state index in [2.05, 4.69) is 15.6 Å². The molecule has 4 aromatic rings. The van der Waals surface area contributed by atoms with E-state index in [-0.39, 0.29) is 16.7 Å². The monoisotopic (exact) mass is 408 g/mol. The molecular weight excluding hydrogens is 396 g/mol. The summed E-state index contributed by atoms with van der Waals surface area (Å²) in [5.74, 6) is -0.328. The molecule has 0 bridgehead atoms. The number of hydrogen-bond donors (Lipinski definition) is 2. The average Bonchev–Trinajstić information content (AvgIpc) is 3.08. The van der Waals surface area contributed by atoms with Crippen LogP contribution in [0, 0.1) is 10.1 Å². The highest BCUT2D eigenvalue weighted by Crippen LogP contribution is 2.29. The lowest BCUT2D eigenvalue weighted by Gasteiger charge is -2.09. The van der Waals surface area contributed by atoms with Crippen LogP contribution in [-0.2, 0) is 0 Å². The number of non-ortho nitro benzene ring substituents is 1. The van der Waals surface area contributed by atoms with E-state index in [1.807, 2.05) is 36.4 Å². The van der Waals surface area contributed by atoms with E-state index in [1.54, 1.807) is 12.1 Å². The Kier molecular flexibility index (Phi) is 4.68. The molecule has 0 atom stereocenters. The number of nitro benzene ring substituents is 1. The number of rotatable bonds is 3. The van der Waals surface area contributed by atoms with Gasteiger partial charge in [-0.3, -0.25) is 20.2 Å². The van der Waals surface area contributed by atoms with Crippen molar-refractivity contribution in [3.63, 3.8) is 0 Å². The molecule has 0 fully saturated rings. The van der Waals surface area contributed by atoms with Crippen molar-refractivity contribution in [2.24, 2.45) is 0 Å². The fraction of sp³-hybridized carbons (Fsp3) is 0. The third-order valence-corrected chi connectivity index (χ3v) is 5.20. The van der Waals surface area contributed by atoms with Crippen molar-refractivity contribution in [2.45, 2.75) is 0 Å². The average molecular weight is 408 g/mol. The van der Waals surface area contributed by atoms with Gasteiger partial charge in [0.15, 0.2) is 10.2 Å². The van der Waals surface area contributed by atoms with Gasteiger partial charge in [-0.05, 0) is 35.1 Å². The lowest BCUT2D eigenvalue weighted by molar-refractivity contribution is -0.384. The van der Waals surface area contributed by atoms with Gasteiger partial charge < -0.3 is 5.32 Å². The molecule has 1 aromatic heterocycles. The second-order valence-corrected chi connectivity index (χ2v) is 7.30. The van der Waals surface area contributed by atoms with E-state index in [0.717, 1.165) is 10.8 Å². The zero-order chi connectivity index (χ0) is 19.7. The van der Waals surface area contributed by atoms with Gasteiger partial charge in [0.25, 0.3) is 11.6 Å². The van der Waals surface area contributed by atoms with Crippen LogP contribution in [0.4, 0.5) is 10.8 Å². The normalized spacial score (nSPS) is 10.7.